The summed E-state index contributed by atoms with van der Waals surface area (Å²) < 4.78 is 32.6. The quantitative estimate of drug-likeness (QED) is 0.277. The van der Waals surface area contributed by atoms with Gasteiger partial charge in [-0.3, -0.25) is 0 Å². The van der Waals surface area contributed by atoms with Crippen LogP contribution in [0.25, 0.3) is 4.85 Å². The van der Waals surface area contributed by atoms with E-state index in [1.807, 2.05) is 6.08 Å². The Morgan fingerprint density at radius 2 is 1.96 bits per heavy atom. The molecule has 0 saturated carbocycles. The molecule has 0 bridgehead atoms. The van der Waals surface area contributed by atoms with Crippen LogP contribution in [0.1, 0.15) is 41.0 Å². The van der Waals surface area contributed by atoms with Gasteiger partial charge in [0.05, 0.1) is 18.8 Å². The molecule has 0 amide bonds. The maximum Gasteiger partial charge on any atom is 0.259 e. The molecule has 1 aliphatic rings. The van der Waals surface area contributed by atoms with Crippen LogP contribution < -0.4 is 0 Å². The Balaban J connectivity index is 2.87. The summed E-state index contributed by atoms with van der Waals surface area (Å²) in [5, 5.41) is 0. The molecule has 0 aromatic heterocycles. The van der Waals surface area contributed by atoms with Gasteiger partial charge in [0.15, 0.2) is 0 Å². The van der Waals surface area contributed by atoms with E-state index in [2.05, 4.69) is 44.1 Å². The van der Waals surface area contributed by atoms with Crippen LogP contribution in [-0.4, -0.2) is 62.1 Å². The minimum Gasteiger partial charge on any atom is -0.374 e. The summed E-state index contributed by atoms with van der Waals surface area (Å²) in [5.74, 6) is 2.02. The Hall–Kier alpha value is -0.270. The fourth-order valence-corrected chi connectivity index (χ4v) is 5.33. The van der Waals surface area contributed by atoms with E-state index in [9.17, 15) is 4.57 Å². The van der Waals surface area contributed by atoms with Gasteiger partial charge in [-0.2, -0.15) is 0 Å². The SMILES string of the molecule is [C-]#[N+]CCOP(OC1CC(/C=C/P(C)(C)=O)OCC1C)N(C(C)C)C(C)C. The molecule has 27 heavy (non-hydrogen) atoms. The molecule has 8 heteroatoms. The van der Waals surface area contributed by atoms with Crippen molar-refractivity contribution < 1.29 is 18.3 Å². The lowest BCUT2D eigenvalue weighted by atomic mass is 9.97. The van der Waals surface area contributed by atoms with Crippen molar-refractivity contribution in [2.45, 2.75) is 65.3 Å². The first-order chi connectivity index (χ1) is 12.5. The molecule has 1 fully saturated rings. The van der Waals surface area contributed by atoms with Gasteiger partial charge < -0.3 is 23.2 Å². The highest BCUT2D eigenvalue weighted by molar-refractivity contribution is 7.65. The Morgan fingerprint density at radius 3 is 2.48 bits per heavy atom. The zero-order chi connectivity index (χ0) is 20.6. The summed E-state index contributed by atoms with van der Waals surface area (Å²) in [4.78, 5) is 3.38. The summed E-state index contributed by atoms with van der Waals surface area (Å²) in [6.07, 6.45) is 2.53. The minimum absolute atomic E-state index is 0.000508. The molecular weight excluding hydrogens is 382 g/mol. The fourth-order valence-electron chi connectivity index (χ4n) is 2.90. The Kier molecular flexibility index (Phi) is 10.7. The first-order valence-corrected chi connectivity index (χ1v) is 13.4. The van der Waals surface area contributed by atoms with Gasteiger partial charge in [-0.15, -0.1) is 0 Å². The van der Waals surface area contributed by atoms with Crippen LogP contribution in [0.15, 0.2) is 11.9 Å². The van der Waals surface area contributed by atoms with Crippen LogP contribution in [0.5, 0.6) is 0 Å². The molecule has 1 aliphatic heterocycles. The normalized spacial score (nSPS) is 25.4. The number of rotatable bonds is 10. The predicted molar refractivity (Wildman–Crippen MR) is 113 cm³/mol. The van der Waals surface area contributed by atoms with Crippen molar-refractivity contribution in [2.24, 2.45) is 5.92 Å². The van der Waals surface area contributed by atoms with Crippen molar-refractivity contribution in [3.8, 4) is 0 Å². The van der Waals surface area contributed by atoms with Gasteiger partial charge in [-0.05, 0) is 46.8 Å². The highest BCUT2D eigenvalue weighted by Crippen LogP contribution is 2.49. The van der Waals surface area contributed by atoms with E-state index in [0.29, 0.717) is 26.2 Å². The van der Waals surface area contributed by atoms with E-state index in [1.54, 1.807) is 19.1 Å². The lowest BCUT2D eigenvalue weighted by molar-refractivity contribution is -0.0526. The second-order valence-corrected chi connectivity index (χ2v) is 12.6. The van der Waals surface area contributed by atoms with Crippen molar-refractivity contribution in [2.75, 3.05) is 33.1 Å². The predicted octanol–water partition coefficient (Wildman–Crippen LogP) is 5.21. The number of nitrogens with zero attached hydrogens (tertiary/aromatic N) is 2. The fraction of sp³-hybridized carbons (Fsp3) is 0.842. The van der Waals surface area contributed by atoms with Crippen LogP contribution in [0.2, 0.25) is 0 Å². The topological polar surface area (TPSA) is 52.4 Å². The highest BCUT2D eigenvalue weighted by atomic mass is 31.2. The van der Waals surface area contributed by atoms with E-state index >= 15 is 0 Å². The van der Waals surface area contributed by atoms with Crippen LogP contribution in [0, 0.1) is 12.5 Å². The third kappa shape index (κ3) is 9.18. The van der Waals surface area contributed by atoms with Gasteiger partial charge in [0, 0.05) is 24.4 Å². The lowest BCUT2D eigenvalue weighted by Crippen LogP contribution is -2.39. The maximum atomic E-state index is 11.9. The van der Waals surface area contributed by atoms with Gasteiger partial charge in [0.2, 0.25) is 6.54 Å². The molecule has 1 heterocycles. The summed E-state index contributed by atoms with van der Waals surface area (Å²) in [6.45, 7) is 22.5. The Bertz CT molecular complexity index is 548. The summed E-state index contributed by atoms with van der Waals surface area (Å²) in [6, 6.07) is 0.557. The van der Waals surface area contributed by atoms with Gasteiger partial charge in [0.25, 0.3) is 8.53 Å². The van der Waals surface area contributed by atoms with E-state index in [1.165, 1.54) is 0 Å². The van der Waals surface area contributed by atoms with E-state index < -0.39 is 15.7 Å². The van der Waals surface area contributed by atoms with E-state index in [0.717, 1.165) is 0 Å². The van der Waals surface area contributed by atoms with Crippen LogP contribution in [0.3, 0.4) is 0 Å². The third-order valence-electron chi connectivity index (χ3n) is 4.21. The molecule has 1 saturated heterocycles. The summed E-state index contributed by atoms with van der Waals surface area (Å²) >= 11 is 0. The van der Waals surface area contributed by atoms with Crippen molar-refractivity contribution in [3.05, 3.63) is 23.3 Å². The monoisotopic (exact) mass is 418 g/mol. The average Bonchev–Trinajstić information content (AvgIpc) is 2.54. The molecule has 0 aromatic rings. The average molecular weight is 418 g/mol. The minimum atomic E-state index is -2.21. The number of ether oxygens (including phenoxy) is 1. The molecule has 0 spiro atoms. The molecule has 4 atom stereocenters. The van der Waals surface area contributed by atoms with Gasteiger partial charge in [-0.25, -0.2) is 11.2 Å². The van der Waals surface area contributed by atoms with Crippen molar-refractivity contribution in [1.29, 1.82) is 0 Å². The standard InChI is InChI=1S/C19H36N2O4P2/c1-15(2)21(16(3)4)26(24-11-10-20-6)25-19-13-18(23-14-17(19)5)9-12-27(7,8)22/h9,12,15-19H,10-11,13-14H2,1-5,7-8H3/b12-9+. The molecule has 0 N–H and O–H groups in total. The molecule has 0 radical (unpaired) electrons. The summed E-state index contributed by atoms with van der Waals surface area (Å²) in [7, 11) is -3.47. The third-order valence-corrected chi connectivity index (χ3v) is 7.25. The zero-order valence-electron chi connectivity index (χ0n) is 17.8. The molecule has 156 valence electrons. The van der Waals surface area contributed by atoms with Crippen LogP contribution in [-0.2, 0) is 18.3 Å². The maximum absolute atomic E-state index is 11.9. The molecular formula is C19H36N2O4P2. The molecule has 0 aliphatic carbocycles. The Labute approximate surface area is 166 Å². The van der Waals surface area contributed by atoms with Crippen LogP contribution in [0.4, 0.5) is 0 Å². The largest absolute Gasteiger partial charge is 0.374 e. The second-order valence-electron chi connectivity index (χ2n) is 8.02. The lowest BCUT2D eigenvalue weighted by Gasteiger charge is -2.40. The van der Waals surface area contributed by atoms with Crippen molar-refractivity contribution >= 4 is 15.7 Å². The Morgan fingerprint density at radius 1 is 1.33 bits per heavy atom. The molecule has 1 rings (SSSR count). The first-order valence-electron chi connectivity index (χ1n) is 9.62. The van der Waals surface area contributed by atoms with Gasteiger partial charge in [-0.1, -0.05) is 13.0 Å². The second kappa shape index (κ2) is 11.7. The zero-order valence-corrected chi connectivity index (χ0v) is 19.6. The van der Waals surface area contributed by atoms with E-state index in [4.69, 9.17) is 20.4 Å². The first kappa shape index (κ1) is 24.8. The molecule has 0 aromatic carbocycles. The van der Waals surface area contributed by atoms with Crippen LogP contribution >= 0.6 is 15.7 Å². The smallest absolute Gasteiger partial charge is 0.259 e. The highest BCUT2D eigenvalue weighted by Gasteiger charge is 2.35. The summed E-state index contributed by atoms with van der Waals surface area (Å²) in [5.41, 5.74) is 0. The molecule has 6 nitrogen and oxygen atoms in total. The molecule has 4 unspecified atom stereocenters. The van der Waals surface area contributed by atoms with E-state index in [-0.39, 0.29) is 30.2 Å². The number of hydrogen-bond acceptors (Lipinski definition) is 5. The van der Waals surface area contributed by atoms with Gasteiger partial charge in [0.1, 0.15) is 13.7 Å². The van der Waals surface area contributed by atoms with Crippen molar-refractivity contribution in [1.82, 2.24) is 4.67 Å². The van der Waals surface area contributed by atoms with Gasteiger partial charge >= 0.3 is 0 Å². The number of hydrogen-bond donors (Lipinski definition) is 0. The van der Waals surface area contributed by atoms with Crippen molar-refractivity contribution in [3.63, 3.8) is 0 Å².